The van der Waals surface area contributed by atoms with E-state index in [1.165, 1.54) is 14.0 Å². The molecule has 0 radical (unpaired) electrons. The molecule has 6 heteroatoms. The maximum atomic E-state index is 11.7. The summed E-state index contributed by atoms with van der Waals surface area (Å²) >= 11 is 0. The molecule has 1 unspecified atom stereocenters. The van der Waals surface area contributed by atoms with Gasteiger partial charge in [0.25, 0.3) is 0 Å². The average molecular weight is 246 g/mol. The topological polar surface area (TPSA) is 77.3 Å². The molecule has 0 aromatic carbocycles. The predicted molar refractivity (Wildman–Crippen MR) is 65.9 cm³/mol. The number of hydrogen-bond donors (Lipinski definition) is 0. The van der Waals surface area contributed by atoms with Gasteiger partial charge in [-0.1, -0.05) is 0 Å². The summed E-state index contributed by atoms with van der Waals surface area (Å²) in [5, 5.41) is 0. The monoisotopic (exact) mass is 246 g/mol. The summed E-state index contributed by atoms with van der Waals surface area (Å²) in [5.41, 5.74) is -0.876. The number of rotatable bonds is 4. The minimum atomic E-state index is -0.876. The number of methoxy groups -OCH3 is 1. The second-order valence-electron chi connectivity index (χ2n) is 4.08. The Balaban J connectivity index is 2.33. The van der Waals surface area contributed by atoms with Crippen LogP contribution in [0, 0.1) is 6.92 Å². The maximum Gasteiger partial charge on any atom is 0.319 e. The van der Waals surface area contributed by atoms with Crippen LogP contribution in [0.25, 0.3) is 0 Å². The average Bonchev–Trinajstić information content (AvgIpc) is 2.78. The fourth-order valence-electron chi connectivity index (χ4n) is 1.78. The van der Waals surface area contributed by atoms with Crippen LogP contribution in [-0.4, -0.2) is 39.6 Å². The molecule has 1 atom stereocenters. The Labute approximate surface area is 105 Å². The van der Waals surface area contributed by atoms with Crippen molar-refractivity contribution in [2.24, 2.45) is 4.99 Å². The van der Waals surface area contributed by atoms with Crippen LogP contribution in [0.4, 0.5) is 0 Å². The van der Waals surface area contributed by atoms with Gasteiger partial charge < -0.3 is 4.74 Å². The smallest absolute Gasteiger partial charge is 0.319 e. The van der Waals surface area contributed by atoms with Gasteiger partial charge in [-0.15, -0.1) is 0 Å². The highest BCUT2D eigenvalue weighted by molar-refractivity contribution is 5.94. The first-order chi connectivity index (χ1) is 8.55. The first-order valence-electron chi connectivity index (χ1n) is 5.55. The number of carbonyl (C=O) groups is 1. The lowest BCUT2D eigenvalue weighted by Gasteiger charge is -2.19. The van der Waals surface area contributed by atoms with Crippen LogP contribution >= 0.6 is 0 Å². The third-order valence-electron chi connectivity index (χ3n) is 2.76. The number of aromatic nitrogens is 3. The van der Waals surface area contributed by atoms with E-state index < -0.39 is 5.54 Å². The van der Waals surface area contributed by atoms with Crippen molar-refractivity contribution in [3.05, 3.63) is 23.8 Å². The van der Waals surface area contributed by atoms with Crippen LogP contribution in [0.15, 0.2) is 17.1 Å². The molecule has 1 aromatic heterocycles. The molecule has 1 aliphatic heterocycles. The Bertz CT molecular complexity index is 525. The zero-order valence-corrected chi connectivity index (χ0v) is 10.5. The molecule has 0 amide bonds. The first kappa shape index (κ1) is 12.3. The number of ether oxygens (including phenoxy) is 1. The van der Waals surface area contributed by atoms with Gasteiger partial charge in [0.1, 0.15) is 17.2 Å². The van der Waals surface area contributed by atoms with Gasteiger partial charge in [0.05, 0.1) is 7.11 Å². The number of aryl methyl sites for hydroxylation is 1. The summed E-state index contributed by atoms with van der Waals surface area (Å²) in [4.78, 5) is 28.3. The van der Waals surface area contributed by atoms with E-state index in [0.717, 1.165) is 0 Å². The largest absolute Gasteiger partial charge is 0.467 e. The van der Waals surface area contributed by atoms with E-state index in [9.17, 15) is 4.79 Å². The second kappa shape index (κ2) is 4.64. The van der Waals surface area contributed by atoms with Gasteiger partial charge in [-0.25, -0.2) is 4.98 Å². The lowest BCUT2D eigenvalue weighted by molar-refractivity contribution is -0.120. The van der Waals surface area contributed by atoms with Gasteiger partial charge in [0.2, 0.25) is 0 Å². The molecule has 6 nitrogen and oxygen atoms in total. The van der Waals surface area contributed by atoms with Crippen molar-refractivity contribution >= 4 is 12.0 Å². The molecule has 2 heterocycles. The van der Waals surface area contributed by atoms with E-state index >= 15 is 0 Å². The molecular weight excluding hydrogens is 232 g/mol. The molecular formula is C12H14N4O2. The van der Waals surface area contributed by atoms with Crippen molar-refractivity contribution in [1.82, 2.24) is 15.0 Å². The molecule has 18 heavy (non-hydrogen) atoms. The number of hydrogen-bond acceptors (Lipinski definition) is 6. The molecule has 1 aromatic rings. The number of carbonyl (C=O) groups excluding carboxylic acids is 1. The number of allylic oxidation sites excluding steroid dienone is 1. The van der Waals surface area contributed by atoms with Crippen LogP contribution < -0.4 is 4.74 Å². The van der Waals surface area contributed by atoms with E-state index in [0.29, 0.717) is 18.1 Å². The standard InChI is InChI=1S/C12H14N4O2/c1-8(17)12(5-4-6-13-12)7-10-14-9(2)15-11(16-10)18-3/h4-6H,7H2,1-3H3. The highest BCUT2D eigenvalue weighted by atomic mass is 16.5. The zero-order valence-electron chi connectivity index (χ0n) is 10.5. The highest BCUT2D eigenvalue weighted by Crippen LogP contribution is 2.23. The molecule has 94 valence electrons. The normalized spacial score (nSPS) is 21.3. The molecule has 0 fully saturated rings. The fraction of sp³-hybridized carbons (Fsp3) is 0.417. The van der Waals surface area contributed by atoms with Crippen LogP contribution in [0.1, 0.15) is 18.6 Å². The Morgan fingerprint density at radius 2 is 2.17 bits per heavy atom. The second-order valence-corrected chi connectivity index (χ2v) is 4.08. The summed E-state index contributed by atoms with van der Waals surface area (Å²) in [6.07, 6.45) is 5.45. The van der Waals surface area contributed by atoms with Crippen LogP contribution in [0.2, 0.25) is 0 Å². The van der Waals surface area contributed by atoms with Crippen molar-refractivity contribution in [3.63, 3.8) is 0 Å². The van der Waals surface area contributed by atoms with Crippen molar-refractivity contribution in [1.29, 1.82) is 0 Å². The van der Waals surface area contributed by atoms with Crippen LogP contribution in [-0.2, 0) is 11.2 Å². The predicted octanol–water partition coefficient (Wildman–Crippen LogP) is 0.700. The summed E-state index contributed by atoms with van der Waals surface area (Å²) < 4.78 is 4.99. The van der Waals surface area contributed by atoms with E-state index in [-0.39, 0.29) is 11.8 Å². The Morgan fingerprint density at radius 3 is 2.72 bits per heavy atom. The first-order valence-corrected chi connectivity index (χ1v) is 5.55. The summed E-state index contributed by atoms with van der Waals surface area (Å²) in [6.45, 7) is 3.26. The zero-order chi connectivity index (χ0) is 13.2. The molecule has 1 aliphatic rings. The van der Waals surface area contributed by atoms with Crippen LogP contribution in [0.5, 0.6) is 6.01 Å². The number of nitrogens with zero attached hydrogens (tertiary/aromatic N) is 4. The third-order valence-corrected chi connectivity index (χ3v) is 2.76. The lowest BCUT2D eigenvalue weighted by atomic mass is 9.92. The van der Waals surface area contributed by atoms with Crippen molar-refractivity contribution in [2.45, 2.75) is 25.8 Å². The number of aliphatic imine (C=N–C) groups is 1. The molecule has 0 bridgehead atoms. The Kier molecular flexibility index (Phi) is 3.18. The van der Waals surface area contributed by atoms with Gasteiger partial charge in [-0.05, 0) is 26.0 Å². The molecule has 2 rings (SSSR count). The van der Waals surface area contributed by atoms with E-state index in [2.05, 4.69) is 19.9 Å². The molecule has 0 saturated heterocycles. The maximum absolute atomic E-state index is 11.7. The lowest BCUT2D eigenvalue weighted by Crippen LogP contribution is -2.34. The minimum Gasteiger partial charge on any atom is -0.467 e. The van der Waals surface area contributed by atoms with E-state index in [1.807, 2.05) is 0 Å². The molecule has 0 saturated carbocycles. The SMILES string of the molecule is COc1nc(C)nc(CC2(C(C)=O)C=CC=N2)n1. The minimum absolute atomic E-state index is 0.0375. The fourth-order valence-corrected chi connectivity index (χ4v) is 1.78. The summed E-state index contributed by atoms with van der Waals surface area (Å²) in [6, 6.07) is 0.252. The quantitative estimate of drug-likeness (QED) is 0.781. The number of Topliss-reactive ketones (excluding diaryl/α,β-unsaturated/α-hetero) is 1. The number of ketones is 1. The van der Waals surface area contributed by atoms with E-state index in [1.54, 1.807) is 25.3 Å². The Hall–Kier alpha value is -2.11. The van der Waals surface area contributed by atoms with E-state index in [4.69, 9.17) is 4.74 Å². The van der Waals surface area contributed by atoms with Gasteiger partial charge in [0, 0.05) is 12.6 Å². The Morgan fingerprint density at radius 1 is 1.39 bits per heavy atom. The molecule has 0 aliphatic carbocycles. The summed E-state index contributed by atoms with van der Waals surface area (Å²) in [7, 11) is 1.49. The van der Waals surface area contributed by atoms with Crippen LogP contribution in [0.3, 0.4) is 0 Å². The van der Waals surface area contributed by atoms with Crippen molar-refractivity contribution < 1.29 is 9.53 Å². The van der Waals surface area contributed by atoms with Crippen molar-refractivity contribution in [2.75, 3.05) is 7.11 Å². The van der Waals surface area contributed by atoms with Crippen molar-refractivity contribution in [3.8, 4) is 6.01 Å². The summed E-state index contributed by atoms with van der Waals surface area (Å²) in [5.74, 6) is 1.02. The van der Waals surface area contributed by atoms with Gasteiger partial charge in [0.15, 0.2) is 5.78 Å². The molecule has 0 N–H and O–H groups in total. The van der Waals surface area contributed by atoms with Gasteiger partial charge in [-0.3, -0.25) is 9.79 Å². The molecule has 0 spiro atoms. The van der Waals surface area contributed by atoms with Gasteiger partial charge in [-0.2, -0.15) is 9.97 Å². The highest BCUT2D eigenvalue weighted by Gasteiger charge is 2.35. The van der Waals surface area contributed by atoms with Gasteiger partial charge >= 0.3 is 6.01 Å². The third kappa shape index (κ3) is 2.27.